The fourth-order valence-electron chi connectivity index (χ4n) is 1.90. The van der Waals surface area contributed by atoms with Gasteiger partial charge in [-0.2, -0.15) is 5.21 Å². The van der Waals surface area contributed by atoms with Crippen LogP contribution in [0.2, 0.25) is 0 Å². The van der Waals surface area contributed by atoms with Crippen molar-refractivity contribution >= 4 is 27.0 Å². The van der Waals surface area contributed by atoms with Gasteiger partial charge in [0.05, 0.1) is 0 Å². The summed E-state index contributed by atoms with van der Waals surface area (Å²) in [7, 11) is -3.58. The largest absolute Gasteiger partial charge is 0.279 e. The Balaban J connectivity index is 1.88. The van der Waals surface area contributed by atoms with Crippen molar-refractivity contribution in [3.8, 4) is 11.4 Å². The molecule has 0 aliphatic heterocycles. The predicted molar refractivity (Wildman–Crippen MR) is 84.1 cm³/mol. The molecular weight excluding hydrogens is 322 g/mol. The Hall–Kier alpha value is -2.26. The van der Waals surface area contributed by atoms with Crippen LogP contribution in [-0.2, 0) is 16.4 Å². The molecule has 0 atom stereocenters. The molecule has 114 valence electrons. The maximum absolute atomic E-state index is 12.4. The fourth-order valence-corrected chi connectivity index (χ4v) is 4.25. The number of H-pyrrole nitrogens is 1. The van der Waals surface area contributed by atoms with Crippen LogP contribution in [0.5, 0.6) is 0 Å². The van der Waals surface area contributed by atoms with Crippen LogP contribution in [0.4, 0.5) is 5.69 Å². The lowest BCUT2D eigenvalue weighted by Gasteiger charge is -2.07. The fraction of sp³-hybridized carbons (Fsp3) is 0.154. The van der Waals surface area contributed by atoms with Crippen LogP contribution in [0, 0.1) is 0 Å². The van der Waals surface area contributed by atoms with E-state index in [-0.39, 0.29) is 0 Å². The molecule has 0 saturated heterocycles. The van der Waals surface area contributed by atoms with Crippen LogP contribution >= 0.6 is 11.3 Å². The first kappa shape index (κ1) is 14.7. The van der Waals surface area contributed by atoms with E-state index in [0.717, 1.165) is 11.3 Å². The third kappa shape index (κ3) is 3.00. The Morgan fingerprint density at radius 2 is 2.14 bits per heavy atom. The highest BCUT2D eigenvalue weighted by Crippen LogP contribution is 2.25. The molecule has 9 heteroatoms. The molecular formula is C13H13N5O2S2. The number of tetrazole rings is 1. The van der Waals surface area contributed by atoms with Gasteiger partial charge in [0.1, 0.15) is 4.21 Å². The van der Waals surface area contributed by atoms with Gasteiger partial charge in [-0.3, -0.25) is 4.72 Å². The lowest BCUT2D eigenvalue weighted by molar-refractivity contribution is 0.603. The zero-order chi connectivity index (χ0) is 15.6. The summed E-state index contributed by atoms with van der Waals surface area (Å²) >= 11 is 1.27. The lowest BCUT2D eigenvalue weighted by atomic mass is 10.2. The van der Waals surface area contributed by atoms with E-state index in [9.17, 15) is 8.42 Å². The van der Waals surface area contributed by atoms with Crippen molar-refractivity contribution < 1.29 is 8.42 Å². The van der Waals surface area contributed by atoms with Crippen molar-refractivity contribution in [2.45, 2.75) is 17.6 Å². The third-order valence-electron chi connectivity index (χ3n) is 2.97. The number of nitrogens with one attached hydrogen (secondary N) is 2. The molecule has 0 aliphatic carbocycles. The highest BCUT2D eigenvalue weighted by molar-refractivity contribution is 7.94. The molecule has 22 heavy (non-hydrogen) atoms. The Morgan fingerprint density at radius 3 is 2.82 bits per heavy atom. The van der Waals surface area contributed by atoms with E-state index >= 15 is 0 Å². The number of anilines is 1. The number of thiophene rings is 1. The molecule has 7 nitrogen and oxygen atoms in total. The average molecular weight is 335 g/mol. The smallest absolute Gasteiger partial charge is 0.271 e. The number of rotatable bonds is 5. The molecule has 2 aromatic heterocycles. The number of sulfonamides is 1. The highest BCUT2D eigenvalue weighted by atomic mass is 32.2. The van der Waals surface area contributed by atoms with Gasteiger partial charge in [-0.1, -0.05) is 19.1 Å². The van der Waals surface area contributed by atoms with E-state index < -0.39 is 10.0 Å². The summed E-state index contributed by atoms with van der Waals surface area (Å²) in [6.07, 6.45) is 0.813. The van der Waals surface area contributed by atoms with Gasteiger partial charge in [0.25, 0.3) is 10.0 Å². The molecule has 0 bridgehead atoms. The van der Waals surface area contributed by atoms with E-state index in [1.54, 1.807) is 30.3 Å². The minimum Gasteiger partial charge on any atom is -0.279 e. The molecule has 0 fully saturated rings. The summed E-state index contributed by atoms with van der Waals surface area (Å²) in [5.74, 6) is 0.408. The van der Waals surface area contributed by atoms with E-state index in [1.807, 2.05) is 13.0 Å². The van der Waals surface area contributed by atoms with Gasteiger partial charge < -0.3 is 0 Å². The molecule has 0 aliphatic rings. The van der Waals surface area contributed by atoms with Gasteiger partial charge in [-0.15, -0.1) is 21.5 Å². The Kier molecular flexibility index (Phi) is 3.90. The first-order valence-electron chi connectivity index (χ1n) is 6.54. The van der Waals surface area contributed by atoms with Crippen LogP contribution in [-0.4, -0.2) is 29.0 Å². The second-order valence-corrected chi connectivity index (χ2v) is 7.57. The third-order valence-corrected chi connectivity index (χ3v) is 6.07. The molecule has 0 radical (unpaired) electrons. The molecule has 0 saturated carbocycles. The quantitative estimate of drug-likeness (QED) is 0.745. The summed E-state index contributed by atoms with van der Waals surface area (Å²) < 4.78 is 27.6. The highest BCUT2D eigenvalue weighted by Gasteiger charge is 2.17. The Bertz CT molecular complexity index is 871. The van der Waals surface area contributed by atoms with Crippen molar-refractivity contribution in [3.63, 3.8) is 0 Å². The SMILES string of the molecule is CCc1ccc(S(=O)(=O)Nc2cccc(-c3nn[nH]n3)c2)s1. The number of aromatic nitrogens is 4. The minimum atomic E-state index is -3.58. The topological polar surface area (TPSA) is 101 Å². The van der Waals surface area contributed by atoms with Crippen LogP contribution in [0.3, 0.4) is 0 Å². The molecule has 2 N–H and O–H groups in total. The number of aryl methyl sites for hydroxylation is 1. The van der Waals surface area contributed by atoms with Crippen LogP contribution < -0.4 is 4.72 Å². The van der Waals surface area contributed by atoms with Gasteiger partial charge in [0.2, 0.25) is 5.82 Å². The molecule has 0 amide bonds. The van der Waals surface area contributed by atoms with Crippen molar-refractivity contribution in [1.82, 2.24) is 20.6 Å². The van der Waals surface area contributed by atoms with E-state index in [2.05, 4.69) is 25.3 Å². The van der Waals surface area contributed by atoms with E-state index in [4.69, 9.17) is 0 Å². The molecule has 3 rings (SSSR count). The summed E-state index contributed by atoms with van der Waals surface area (Å²) in [4.78, 5) is 1.03. The zero-order valence-electron chi connectivity index (χ0n) is 11.6. The normalized spacial score (nSPS) is 11.5. The maximum atomic E-state index is 12.4. The van der Waals surface area contributed by atoms with Crippen LogP contribution in [0.15, 0.2) is 40.6 Å². The number of benzene rings is 1. The van der Waals surface area contributed by atoms with Crippen molar-refractivity contribution in [2.24, 2.45) is 0 Å². The van der Waals surface area contributed by atoms with Crippen molar-refractivity contribution in [1.29, 1.82) is 0 Å². The Morgan fingerprint density at radius 1 is 1.27 bits per heavy atom. The minimum absolute atomic E-state index is 0.300. The van der Waals surface area contributed by atoms with Crippen molar-refractivity contribution in [2.75, 3.05) is 4.72 Å². The average Bonchev–Trinajstić information content (AvgIpc) is 3.19. The number of aromatic amines is 1. The van der Waals surface area contributed by atoms with Gasteiger partial charge in [-0.05, 0) is 35.9 Å². The second-order valence-electron chi connectivity index (χ2n) is 4.50. The van der Waals surface area contributed by atoms with Crippen LogP contribution in [0.1, 0.15) is 11.8 Å². The van der Waals surface area contributed by atoms with E-state index in [1.165, 1.54) is 11.3 Å². The number of hydrogen-bond acceptors (Lipinski definition) is 6. The van der Waals surface area contributed by atoms with Gasteiger partial charge >= 0.3 is 0 Å². The Labute approximate surface area is 131 Å². The predicted octanol–water partition coefficient (Wildman–Crippen LogP) is 2.29. The summed E-state index contributed by atoms with van der Waals surface area (Å²) in [5.41, 5.74) is 1.13. The van der Waals surface area contributed by atoms with Gasteiger partial charge in [0, 0.05) is 16.1 Å². The number of hydrogen-bond donors (Lipinski definition) is 2. The summed E-state index contributed by atoms with van der Waals surface area (Å²) in [6, 6.07) is 10.3. The number of nitrogens with zero attached hydrogens (tertiary/aromatic N) is 3. The van der Waals surface area contributed by atoms with Crippen molar-refractivity contribution in [3.05, 3.63) is 41.3 Å². The molecule has 3 aromatic rings. The maximum Gasteiger partial charge on any atom is 0.271 e. The molecule has 2 heterocycles. The first-order chi connectivity index (χ1) is 10.6. The summed E-state index contributed by atoms with van der Waals surface area (Å²) in [6.45, 7) is 1.99. The zero-order valence-corrected chi connectivity index (χ0v) is 13.3. The standard InChI is InChI=1S/C13H13N5O2S2/c1-2-11-6-7-12(21-11)22(19,20)16-10-5-3-4-9(8-10)13-14-17-18-15-13/h3-8,16H,2H2,1H3,(H,14,15,17,18). The molecule has 1 aromatic carbocycles. The second kappa shape index (κ2) is 5.85. The first-order valence-corrected chi connectivity index (χ1v) is 8.84. The molecule has 0 spiro atoms. The monoisotopic (exact) mass is 335 g/mol. The summed E-state index contributed by atoms with van der Waals surface area (Å²) in [5, 5.41) is 13.6. The van der Waals surface area contributed by atoms with Crippen LogP contribution in [0.25, 0.3) is 11.4 Å². The van der Waals surface area contributed by atoms with E-state index in [0.29, 0.717) is 21.3 Å². The molecule has 0 unspecified atom stereocenters. The lowest BCUT2D eigenvalue weighted by Crippen LogP contribution is -2.11. The van der Waals surface area contributed by atoms with Gasteiger partial charge in [0.15, 0.2) is 0 Å². The van der Waals surface area contributed by atoms with Gasteiger partial charge in [-0.25, -0.2) is 8.42 Å².